The van der Waals surface area contributed by atoms with Crippen molar-refractivity contribution in [2.75, 3.05) is 26.1 Å². The summed E-state index contributed by atoms with van der Waals surface area (Å²) in [5, 5.41) is 9.61. The Labute approximate surface area is 200 Å². The SMILES string of the molecule is CCSC1=NSC2=NC(=O)/C(=C\c3ccc(OCCOc4ccc(OC)cc4)cc3)C(=N)N12. The summed E-state index contributed by atoms with van der Waals surface area (Å²) in [6.45, 7) is 2.80. The Morgan fingerprint density at radius 2 is 1.64 bits per heavy atom. The lowest BCUT2D eigenvalue weighted by Crippen LogP contribution is -2.41. The van der Waals surface area contributed by atoms with Crippen molar-refractivity contribution >= 4 is 51.9 Å². The van der Waals surface area contributed by atoms with Crippen molar-refractivity contribution in [2.45, 2.75) is 6.92 Å². The average molecular weight is 483 g/mol. The van der Waals surface area contributed by atoms with Crippen molar-refractivity contribution < 1.29 is 19.0 Å². The monoisotopic (exact) mass is 482 g/mol. The van der Waals surface area contributed by atoms with Crippen LogP contribution in [-0.2, 0) is 4.79 Å². The molecule has 2 aromatic carbocycles. The zero-order chi connectivity index (χ0) is 23.2. The van der Waals surface area contributed by atoms with E-state index in [1.165, 1.54) is 11.8 Å². The van der Waals surface area contributed by atoms with Crippen LogP contribution < -0.4 is 14.2 Å². The van der Waals surface area contributed by atoms with Gasteiger partial charge in [0.15, 0.2) is 5.17 Å². The highest BCUT2D eigenvalue weighted by Gasteiger charge is 2.37. The zero-order valence-corrected chi connectivity index (χ0v) is 19.7. The molecule has 0 bridgehead atoms. The third-order valence-corrected chi connectivity index (χ3v) is 6.28. The summed E-state index contributed by atoms with van der Waals surface area (Å²) in [4.78, 5) is 18.2. The van der Waals surface area contributed by atoms with E-state index in [0.717, 1.165) is 34.8 Å². The molecule has 4 rings (SSSR count). The molecule has 0 saturated heterocycles. The lowest BCUT2D eigenvalue weighted by atomic mass is 10.1. The first-order valence-corrected chi connectivity index (χ1v) is 12.0. The maximum atomic E-state index is 12.5. The minimum Gasteiger partial charge on any atom is -0.497 e. The molecule has 33 heavy (non-hydrogen) atoms. The summed E-state index contributed by atoms with van der Waals surface area (Å²) in [7, 11) is 1.62. The number of carbonyl (C=O) groups excluding carboxylic acids is 1. The first kappa shape index (κ1) is 22.9. The van der Waals surface area contributed by atoms with Crippen molar-refractivity contribution in [2.24, 2.45) is 9.39 Å². The fourth-order valence-corrected chi connectivity index (χ4v) is 4.61. The molecule has 0 fully saturated rings. The van der Waals surface area contributed by atoms with Gasteiger partial charge in [0, 0.05) is 0 Å². The standard InChI is InChI=1S/C23H22N4O4S2/c1-3-32-23-26-33-22-25-21(28)19(20(24)27(22)23)14-15-4-6-17(7-5-15)30-12-13-31-18-10-8-16(29-2)9-11-18/h4-11,14,24H,3,12-13H2,1-2H3/b19-14-,24-20?. The highest BCUT2D eigenvalue weighted by atomic mass is 32.2. The number of nitrogens with zero attached hydrogens (tertiary/aromatic N) is 3. The molecule has 0 aliphatic carbocycles. The molecule has 10 heteroatoms. The number of amides is 1. The number of methoxy groups -OCH3 is 1. The average Bonchev–Trinajstić information content (AvgIpc) is 3.23. The van der Waals surface area contributed by atoms with Crippen LogP contribution >= 0.6 is 23.7 Å². The summed E-state index contributed by atoms with van der Waals surface area (Å²) < 4.78 is 20.8. The quantitative estimate of drug-likeness (QED) is 0.337. The maximum Gasteiger partial charge on any atom is 0.283 e. The van der Waals surface area contributed by atoms with Gasteiger partial charge < -0.3 is 14.2 Å². The predicted octanol–water partition coefficient (Wildman–Crippen LogP) is 4.48. The van der Waals surface area contributed by atoms with Crippen LogP contribution in [0.2, 0.25) is 0 Å². The van der Waals surface area contributed by atoms with Crippen molar-refractivity contribution in [3.05, 3.63) is 59.7 Å². The van der Waals surface area contributed by atoms with Gasteiger partial charge in [-0.15, -0.1) is 0 Å². The smallest absolute Gasteiger partial charge is 0.283 e. The van der Waals surface area contributed by atoms with Gasteiger partial charge in [0.05, 0.1) is 24.6 Å². The topological polar surface area (TPSA) is 96.6 Å². The molecule has 170 valence electrons. The Morgan fingerprint density at radius 1 is 1.03 bits per heavy atom. The Bertz CT molecular complexity index is 1130. The molecule has 2 aromatic rings. The molecule has 0 atom stereocenters. The molecule has 2 aliphatic rings. The summed E-state index contributed by atoms with van der Waals surface area (Å²) in [5.41, 5.74) is 1.00. The fraction of sp³-hybridized carbons (Fsp3) is 0.217. The predicted molar refractivity (Wildman–Crippen MR) is 134 cm³/mol. The Balaban J connectivity index is 1.34. The molecule has 0 saturated carbocycles. The first-order chi connectivity index (χ1) is 16.1. The van der Waals surface area contributed by atoms with Gasteiger partial charge in [0.1, 0.15) is 36.3 Å². The van der Waals surface area contributed by atoms with Crippen LogP contribution in [0.1, 0.15) is 12.5 Å². The van der Waals surface area contributed by atoms with Gasteiger partial charge in [-0.1, -0.05) is 30.8 Å². The number of benzene rings is 2. The van der Waals surface area contributed by atoms with Gasteiger partial charge >= 0.3 is 0 Å². The third-order valence-electron chi connectivity index (χ3n) is 4.64. The van der Waals surface area contributed by atoms with Gasteiger partial charge in [0.2, 0.25) is 5.17 Å². The molecule has 2 heterocycles. The van der Waals surface area contributed by atoms with Crippen molar-refractivity contribution in [1.29, 1.82) is 5.41 Å². The van der Waals surface area contributed by atoms with Crippen LogP contribution in [0, 0.1) is 5.41 Å². The highest BCUT2D eigenvalue weighted by molar-refractivity contribution is 8.19. The van der Waals surface area contributed by atoms with Gasteiger partial charge in [-0.25, -0.2) is 4.90 Å². The number of carbonyl (C=O) groups is 1. The second kappa shape index (κ2) is 10.6. The van der Waals surface area contributed by atoms with Crippen LogP contribution in [-0.4, -0.2) is 53.1 Å². The Hall–Kier alpha value is -3.24. The second-order valence-corrected chi connectivity index (χ2v) is 8.74. The van der Waals surface area contributed by atoms with Crippen molar-refractivity contribution in [1.82, 2.24) is 4.90 Å². The van der Waals surface area contributed by atoms with Gasteiger partial charge in [0.25, 0.3) is 5.91 Å². The fourth-order valence-electron chi connectivity index (χ4n) is 3.04. The summed E-state index contributed by atoms with van der Waals surface area (Å²) >= 11 is 2.64. The van der Waals surface area contributed by atoms with Crippen LogP contribution in [0.5, 0.6) is 17.2 Å². The Morgan fingerprint density at radius 3 is 2.24 bits per heavy atom. The first-order valence-electron chi connectivity index (χ1n) is 10.2. The van der Waals surface area contributed by atoms with Crippen LogP contribution in [0.3, 0.4) is 0 Å². The lowest BCUT2D eigenvalue weighted by molar-refractivity contribution is -0.114. The molecule has 0 unspecified atom stereocenters. The molecular weight excluding hydrogens is 460 g/mol. The van der Waals surface area contributed by atoms with E-state index in [4.69, 9.17) is 19.6 Å². The van der Waals surface area contributed by atoms with Crippen molar-refractivity contribution in [3.8, 4) is 17.2 Å². The molecule has 1 N–H and O–H groups in total. The third kappa shape index (κ3) is 5.40. The summed E-state index contributed by atoms with van der Waals surface area (Å²) in [6, 6.07) is 14.7. The van der Waals surface area contributed by atoms with Gasteiger partial charge in [-0.3, -0.25) is 10.2 Å². The number of thioether (sulfide) groups is 1. The van der Waals surface area contributed by atoms with E-state index in [1.54, 1.807) is 18.1 Å². The molecule has 0 spiro atoms. The summed E-state index contributed by atoms with van der Waals surface area (Å²) in [5.74, 6) is 2.67. The molecule has 2 aliphatic heterocycles. The number of hydrogen-bond donors (Lipinski definition) is 1. The van der Waals surface area contributed by atoms with Gasteiger partial charge in [-0.2, -0.15) is 9.39 Å². The summed E-state index contributed by atoms with van der Waals surface area (Å²) in [6.07, 6.45) is 1.67. The van der Waals surface area contributed by atoms with Crippen LogP contribution in [0.4, 0.5) is 0 Å². The minimum absolute atomic E-state index is 0.0886. The molecule has 0 aromatic heterocycles. The molecule has 0 radical (unpaired) electrons. The van der Waals surface area contributed by atoms with Crippen LogP contribution in [0.15, 0.2) is 63.5 Å². The van der Waals surface area contributed by atoms with E-state index in [-0.39, 0.29) is 11.4 Å². The largest absolute Gasteiger partial charge is 0.497 e. The minimum atomic E-state index is -0.437. The lowest BCUT2D eigenvalue weighted by Gasteiger charge is -2.24. The van der Waals surface area contributed by atoms with Gasteiger partial charge in [-0.05, 0) is 53.8 Å². The number of nitrogens with one attached hydrogen (secondary N) is 1. The number of fused-ring (bicyclic) bond motifs is 1. The van der Waals surface area contributed by atoms with Crippen LogP contribution in [0.25, 0.3) is 6.08 Å². The highest BCUT2D eigenvalue weighted by Crippen LogP contribution is 2.31. The van der Waals surface area contributed by atoms with E-state index < -0.39 is 5.91 Å². The number of amidine groups is 3. The van der Waals surface area contributed by atoms with E-state index >= 15 is 0 Å². The van der Waals surface area contributed by atoms with E-state index in [2.05, 4.69) is 9.39 Å². The van der Waals surface area contributed by atoms with Crippen molar-refractivity contribution in [3.63, 3.8) is 0 Å². The number of ether oxygens (including phenoxy) is 3. The number of hydrogen-bond acceptors (Lipinski definition) is 8. The number of rotatable bonds is 8. The maximum absolute atomic E-state index is 12.5. The molecule has 1 amide bonds. The normalized spacial score (nSPS) is 16.4. The zero-order valence-electron chi connectivity index (χ0n) is 18.1. The molecule has 8 nitrogen and oxygen atoms in total. The number of aliphatic imine (C=N–C) groups is 1. The van der Waals surface area contributed by atoms with E-state index in [1.807, 2.05) is 55.5 Å². The second-order valence-electron chi connectivity index (χ2n) is 6.78. The van der Waals surface area contributed by atoms with E-state index in [0.29, 0.717) is 29.3 Å². The molecular formula is C23H22N4O4S2. The Kier molecular flexibility index (Phi) is 7.36. The van der Waals surface area contributed by atoms with E-state index in [9.17, 15) is 4.79 Å².